The minimum absolute atomic E-state index is 0.0638. The highest BCUT2D eigenvalue weighted by atomic mass is 16.5. The van der Waals surface area contributed by atoms with E-state index in [4.69, 9.17) is 4.74 Å². The van der Waals surface area contributed by atoms with Gasteiger partial charge in [0.05, 0.1) is 13.0 Å². The molecule has 1 amide bonds. The van der Waals surface area contributed by atoms with E-state index in [0.717, 1.165) is 31.2 Å². The van der Waals surface area contributed by atoms with Crippen LogP contribution in [0.4, 0.5) is 0 Å². The molecule has 0 aliphatic rings. The van der Waals surface area contributed by atoms with Gasteiger partial charge in [-0.15, -0.1) is 0 Å². The summed E-state index contributed by atoms with van der Waals surface area (Å²) in [6.07, 6.45) is 7.75. The van der Waals surface area contributed by atoms with Gasteiger partial charge < -0.3 is 9.64 Å². The van der Waals surface area contributed by atoms with Crippen LogP contribution < -0.4 is 0 Å². The second-order valence-electron chi connectivity index (χ2n) is 6.01. The van der Waals surface area contributed by atoms with Crippen LogP contribution in [0.1, 0.15) is 45.1 Å². The van der Waals surface area contributed by atoms with Crippen molar-refractivity contribution in [2.75, 3.05) is 20.2 Å². The molecule has 0 fully saturated rings. The molecule has 4 nitrogen and oxygen atoms in total. The molecule has 0 spiro atoms. The number of nitrogens with zero attached hydrogens (tertiary/aromatic N) is 1. The van der Waals surface area contributed by atoms with Gasteiger partial charge in [0.15, 0.2) is 0 Å². The number of benzene rings is 1. The molecule has 0 bridgehead atoms. The van der Waals surface area contributed by atoms with Crippen molar-refractivity contribution in [1.82, 2.24) is 4.90 Å². The molecule has 132 valence electrons. The van der Waals surface area contributed by atoms with Crippen molar-refractivity contribution in [3.8, 4) is 0 Å². The van der Waals surface area contributed by atoms with Gasteiger partial charge in [-0.2, -0.15) is 0 Å². The van der Waals surface area contributed by atoms with Crippen LogP contribution in [0.3, 0.4) is 0 Å². The average Bonchev–Trinajstić information content (AvgIpc) is 2.62. The summed E-state index contributed by atoms with van der Waals surface area (Å²) in [6.45, 7) is 5.00. The number of hydrogen-bond acceptors (Lipinski definition) is 3. The zero-order valence-electron chi connectivity index (χ0n) is 15.0. The highest BCUT2D eigenvalue weighted by molar-refractivity contribution is 5.92. The lowest BCUT2D eigenvalue weighted by Gasteiger charge is -2.24. The normalized spacial score (nSPS) is 12.1. The molecule has 0 saturated heterocycles. The number of esters is 1. The summed E-state index contributed by atoms with van der Waals surface area (Å²) in [6, 6.07) is 9.72. The largest absolute Gasteiger partial charge is 0.469 e. The highest BCUT2D eigenvalue weighted by Crippen LogP contribution is 2.09. The topological polar surface area (TPSA) is 46.6 Å². The van der Waals surface area contributed by atoms with E-state index in [1.54, 1.807) is 17.9 Å². The first-order valence-electron chi connectivity index (χ1n) is 8.68. The fourth-order valence-electron chi connectivity index (χ4n) is 2.46. The Morgan fingerprint density at radius 3 is 2.50 bits per heavy atom. The number of unbranched alkanes of at least 4 members (excludes halogenated alkanes) is 3. The number of rotatable bonds is 10. The third-order valence-corrected chi connectivity index (χ3v) is 3.91. The molecule has 0 N–H and O–H groups in total. The van der Waals surface area contributed by atoms with Gasteiger partial charge in [-0.25, -0.2) is 0 Å². The van der Waals surface area contributed by atoms with Crippen molar-refractivity contribution < 1.29 is 14.3 Å². The van der Waals surface area contributed by atoms with Crippen molar-refractivity contribution >= 4 is 18.0 Å². The molecule has 0 heterocycles. The molecule has 0 radical (unpaired) electrons. The lowest BCUT2D eigenvalue weighted by molar-refractivity contribution is -0.146. The third-order valence-electron chi connectivity index (χ3n) is 3.91. The maximum absolute atomic E-state index is 12.5. The van der Waals surface area contributed by atoms with Crippen LogP contribution in [0.15, 0.2) is 36.4 Å². The molecule has 1 rings (SSSR count). The molecule has 0 saturated carbocycles. The van der Waals surface area contributed by atoms with Gasteiger partial charge in [0.25, 0.3) is 0 Å². The number of methoxy groups -OCH3 is 1. The fourth-order valence-corrected chi connectivity index (χ4v) is 2.46. The van der Waals surface area contributed by atoms with Crippen LogP contribution in [0.25, 0.3) is 6.08 Å². The molecule has 0 aromatic heterocycles. The van der Waals surface area contributed by atoms with Crippen molar-refractivity contribution in [2.45, 2.75) is 39.5 Å². The van der Waals surface area contributed by atoms with E-state index in [9.17, 15) is 9.59 Å². The van der Waals surface area contributed by atoms with Crippen LogP contribution in [0.2, 0.25) is 0 Å². The summed E-state index contributed by atoms with van der Waals surface area (Å²) >= 11 is 0. The van der Waals surface area contributed by atoms with E-state index in [1.165, 1.54) is 7.11 Å². The minimum Gasteiger partial charge on any atom is -0.469 e. The standard InChI is InChI=1S/C20H29NO3/c1-4-5-6-10-15-21(16-17(2)20(23)24-3)19(22)14-13-18-11-8-7-9-12-18/h7-9,11-14,17H,4-6,10,15-16H2,1-3H3/b14-13+. The SMILES string of the molecule is CCCCCCN(CC(C)C(=O)OC)C(=O)/C=C/c1ccccc1. The summed E-state index contributed by atoms with van der Waals surface area (Å²) in [5.74, 6) is -0.672. The van der Waals surface area contributed by atoms with Gasteiger partial charge in [-0.3, -0.25) is 9.59 Å². The Morgan fingerprint density at radius 2 is 1.88 bits per heavy atom. The summed E-state index contributed by atoms with van der Waals surface area (Å²) < 4.78 is 4.77. The third kappa shape index (κ3) is 7.44. The van der Waals surface area contributed by atoms with Gasteiger partial charge in [0.2, 0.25) is 5.91 Å². The second-order valence-corrected chi connectivity index (χ2v) is 6.01. The first-order chi connectivity index (χ1) is 11.6. The van der Waals surface area contributed by atoms with Gasteiger partial charge in [0, 0.05) is 19.2 Å². The van der Waals surface area contributed by atoms with Gasteiger partial charge in [0.1, 0.15) is 0 Å². The zero-order chi connectivity index (χ0) is 17.8. The first-order valence-corrected chi connectivity index (χ1v) is 8.68. The Hall–Kier alpha value is -2.10. The molecular formula is C20H29NO3. The Bertz CT molecular complexity index is 525. The summed E-state index contributed by atoms with van der Waals surface area (Å²) in [5, 5.41) is 0. The van der Waals surface area contributed by atoms with E-state index in [2.05, 4.69) is 6.92 Å². The van der Waals surface area contributed by atoms with E-state index in [-0.39, 0.29) is 17.8 Å². The Kier molecular flexibility index (Phi) is 9.51. The monoisotopic (exact) mass is 331 g/mol. The molecule has 24 heavy (non-hydrogen) atoms. The summed E-state index contributed by atoms with van der Waals surface area (Å²) in [4.78, 5) is 25.9. The quantitative estimate of drug-likeness (QED) is 0.371. The zero-order valence-corrected chi connectivity index (χ0v) is 15.0. The van der Waals surface area contributed by atoms with E-state index < -0.39 is 0 Å². The van der Waals surface area contributed by atoms with Crippen LogP contribution in [-0.2, 0) is 14.3 Å². The first kappa shape index (κ1) is 19.9. The van der Waals surface area contributed by atoms with Crippen molar-refractivity contribution in [3.05, 3.63) is 42.0 Å². The lowest BCUT2D eigenvalue weighted by Crippen LogP contribution is -2.37. The number of ether oxygens (including phenoxy) is 1. The van der Waals surface area contributed by atoms with E-state index >= 15 is 0 Å². The average molecular weight is 331 g/mol. The van der Waals surface area contributed by atoms with E-state index in [1.807, 2.05) is 36.4 Å². The second kappa shape index (κ2) is 11.4. The molecular weight excluding hydrogens is 302 g/mol. The summed E-state index contributed by atoms with van der Waals surface area (Å²) in [7, 11) is 1.38. The van der Waals surface area contributed by atoms with Gasteiger partial charge >= 0.3 is 5.97 Å². The summed E-state index contributed by atoms with van der Waals surface area (Å²) in [5.41, 5.74) is 0.984. The molecule has 1 unspecified atom stereocenters. The van der Waals surface area contributed by atoms with Gasteiger partial charge in [-0.05, 0) is 18.1 Å². The Balaban J connectivity index is 2.68. The molecule has 1 aromatic carbocycles. The number of carbonyl (C=O) groups is 2. The van der Waals surface area contributed by atoms with Crippen LogP contribution in [0, 0.1) is 5.92 Å². The predicted octanol–water partition coefficient (Wildman–Crippen LogP) is 3.92. The maximum Gasteiger partial charge on any atom is 0.310 e. The number of carbonyl (C=O) groups excluding carboxylic acids is 2. The van der Waals surface area contributed by atoms with Crippen LogP contribution in [-0.4, -0.2) is 37.0 Å². The highest BCUT2D eigenvalue weighted by Gasteiger charge is 2.19. The van der Waals surface area contributed by atoms with Crippen LogP contribution in [0.5, 0.6) is 0 Å². The smallest absolute Gasteiger partial charge is 0.310 e. The fraction of sp³-hybridized carbons (Fsp3) is 0.500. The predicted molar refractivity (Wildman–Crippen MR) is 97.4 cm³/mol. The van der Waals surface area contributed by atoms with Crippen LogP contribution >= 0.6 is 0 Å². The van der Waals surface area contributed by atoms with Crippen molar-refractivity contribution in [2.24, 2.45) is 5.92 Å². The van der Waals surface area contributed by atoms with Gasteiger partial charge in [-0.1, -0.05) is 63.4 Å². The number of hydrogen-bond donors (Lipinski definition) is 0. The van der Waals surface area contributed by atoms with Crippen molar-refractivity contribution in [1.29, 1.82) is 0 Å². The molecule has 0 aliphatic heterocycles. The van der Waals surface area contributed by atoms with E-state index in [0.29, 0.717) is 13.1 Å². The number of amides is 1. The maximum atomic E-state index is 12.5. The molecule has 1 atom stereocenters. The molecule has 4 heteroatoms. The lowest BCUT2D eigenvalue weighted by atomic mass is 10.1. The minimum atomic E-state index is -0.324. The molecule has 0 aliphatic carbocycles. The van der Waals surface area contributed by atoms with Crippen molar-refractivity contribution in [3.63, 3.8) is 0 Å². The Labute approximate surface area is 145 Å². The molecule has 1 aromatic rings. The Morgan fingerprint density at radius 1 is 1.17 bits per heavy atom.